The first-order valence-electron chi connectivity index (χ1n) is 5.50. The van der Waals surface area contributed by atoms with Gasteiger partial charge in [0.1, 0.15) is 0 Å². The molecule has 2 rings (SSSR count). The van der Waals surface area contributed by atoms with Gasteiger partial charge in [-0.25, -0.2) is 14.4 Å². The summed E-state index contributed by atoms with van der Waals surface area (Å²) in [6, 6.07) is 6.34. The van der Waals surface area contributed by atoms with E-state index in [4.69, 9.17) is 10.8 Å². The summed E-state index contributed by atoms with van der Waals surface area (Å²) in [5, 5.41) is 21.1. The van der Waals surface area contributed by atoms with Crippen molar-refractivity contribution in [1.29, 1.82) is 0 Å². The summed E-state index contributed by atoms with van der Waals surface area (Å²) >= 11 is 0. The van der Waals surface area contributed by atoms with Gasteiger partial charge in [-0.05, 0) is 17.5 Å². The third kappa shape index (κ3) is 2.24. The van der Waals surface area contributed by atoms with E-state index in [2.05, 4.69) is 5.32 Å². The lowest BCUT2D eigenvalue weighted by molar-refractivity contribution is 0.0695. The minimum atomic E-state index is -1.35. The quantitative estimate of drug-likeness (QED) is 0.677. The maximum Gasteiger partial charge on any atom is 0.338 e. The summed E-state index contributed by atoms with van der Waals surface area (Å²) in [5.74, 6) is -2.61. The third-order valence-electron chi connectivity index (χ3n) is 2.75. The second-order valence-corrected chi connectivity index (χ2v) is 3.99. The molecule has 0 atom stereocenters. The fraction of sp³-hybridized carbons (Fsp3) is 0. The van der Waals surface area contributed by atoms with Crippen LogP contribution in [0.5, 0.6) is 0 Å². The largest absolute Gasteiger partial charge is 0.478 e. The first-order chi connectivity index (χ1) is 9.41. The number of fused-ring (bicyclic) bond motifs is 1. The lowest BCUT2D eigenvalue weighted by Gasteiger charge is -2.11. The summed E-state index contributed by atoms with van der Waals surface area (Å²) in [6.07, 6.45) is 0. The summed E-state index contributed by atoms with van der Waals surface area (Å²) in [6.45, 7) is 0. The highest BCUT2D eigenvalue weighted by atomic mass is 16.4. The van der Waals surface area contributed by atoms with Gasteiger partial charge in [0.25, 0.3) is 0 Å². The number of carboxylic acid groups (broad SMARTS) is 2. The maximum absolute atomic E-state index is 11.4. The highest BCUT2D eigenvalue weighted by Gasteiger charge is 2.20. The lowest BCUT2D eigenvalue weighted by atomic mass is 9.97. The topological polar surface area (TPSA) is 130 Å². The molecule has 0 fully saturated rings. The van der Waals surface area contributed by atoms with Crippen LogP contribution >= 0.6 is 0 Å². The summed E-state index contributed by atoms with van der Waals surface area (Å²) in [4.78, 5) is 33.5. The van der Waals surface area contributed by atoms with E-state index in [1.54, 1.807) is 6.07 Å². The van der Waals surface area contributed by atoms with Crippen LogP contribution in [0, 0.1) is 0 Å². The Morgan fingerprint density at radius 1 is 1.00 bits per heavy atom. The zero-order valence-corrected chi connectivity index (χ0v) is 10.1. The van der Waals surface area contributed by atoms with E-state index < -0.39 is 18.0 Å². The first kappa shape index (κ1) is 13.3. The van der Waals surface area contributed by atoms with E-state index in [0.29, 0.717) is 5.39 Å². The zero-order valence-electron chi connectivity index (χ0n) is 10.1. The van der Waals surface area contributed by atoms with Crippen LogP contribution in [0.3, 0.4) is 0 Å². The Morgan fingerprint density at radius 2 is 1.70 bits per heavy atom. The number of primary amides is 1. The van der Waals surface area contributed by atoms with Crippen molar-refractivity contribution < 1.29 is 24.6 Å². The molecule has 0 aromatic heterocycles. The minimum absolute atomic E-state index is 0.0405. The maximum atomic E-state index is 11.4. The van der Waals surface area contributed by atoms with Gasteiger partial charge in [0.05, 0.1) is 16.8 Å². The van der Waals surface area contributed by atoms with Crippen LogP contribution in [0.4, 0.5) is 10.5 Å². The van der Waals surface area contributed by atoms with Gasteiger partial charge < -0.3 is 21.3 Å². The molecule has 20 heavy (non-hydrogen) atoms. The number of benzene rings is 2. The number of hydrogen-bond donors (Lipinski definition) is 4. The predicted molar refractivity (Wildman–Crippen MR) is 71.1 cm³/mol. The van der Waals surface area contributed by atoms with E-state index in [1.165, 1.54) is 24.3 Å². The SMILES string of the molecule is NC(=O)Nc1ccc2cccc(C(=O)O)c2c1C(=O)O. The van der Waals surface area contributed by atoms with Crippen molar-refractivity contribution in [2.45, 2.75) is 0 Å². The molecule has 5 N–H and O–H groups in total. The molecule has 0 aliphatic rings. The van der Waals surface area contributed by atoms with E-state index in [0.717, 1.165) is 0 Å². The molecule has 7 nitrogen and oxygen atoms in total. The molecule has 0 unspecified atom stereocenters. The molecule has 0 spiro atoms. The van der Waals surface area contributed by atoms with E-state index in [-0.39, 0.29) is 22.2 Å². The molecule has 0 saturated carbocycles. The second-order valence-electron chi connectivity index (χ2n) is 3.99. The standard InChI is InChI=1S/C13H10N2O5/c14-13(20)15-8-5-4-6-2-1-3-7(11(16)17)9(6)10(8)12(18)19/h1-5H,(H,16,17)(H,18,19)(H3,14,15,20). The van der Waals surface area contributed by atoms with E-state index in [1.807, 2.05) is 0 Å². The molecule has 7 heteroatoms. The number of hydrogen-bond acceptors (Lipinski definition) is 3. The molecule has 0 heterocycles. The Bertz CT molecular complexity index is 739. The molecule has 0 bridgehead atoms. The van der Waals surface area contributed by atoms with Crippen molar-refractivity contribution in [2.24, 2.45) is 5.73 Å². The average molecular weight is 274 g/mol. The molecule has 0 aliphatic carbocycles. The Hall–Kier alpha value is -3.09. The van der Waals surface area contributed by atoms with E-state index >= 15 is 0 Å². The van der Waals surface area contributed by atoms with Gasteiger partial charge in [-0.2, -0.15) is 0 Å². The molecule has 2 aromatic carbocycles. The Balaban J connectivity index is 2.89. The molecule has 102 valence electrons. The molecule has 2 amide bonds. The number of carbonyl (C=O) groups excluding carboxylic acids is 1. The highest BCUT2D eigenvalue weighted by molar-refractivity contribution is 6.16. The number of carbonyl (C=O) groups is 3. The number of rotatable bonds is 3. The predicted octanol–water partition coefficient (Wildman–Crippen LogP) is 1.73. The van der Waals surface area contributed by atoms with Crippen LogP contribution in [-0.2, 0) is 0 Å². The van der Waals surface area contributed by atoms with Gasteiger partial charge in [-0.15, -0.1) is 0 Å². The molecular formula is C13H10N2O5. The summed E-state index contributed by atoms with van der Waals surface area (Å²) < 4.78 is 0. The molecule has 0 aliphatic heterocycles. The van der Waals surface area contributed by atoms with Crippen molar-refractivity contribution in [3.63, 3.8) is 0 Å². The van der Waals surface area contributed by atoms with Crippen LogP contribution in [-0.4, -0.2) is 28.2 Å². The smallest absolute Gasteiger partial charge is 0.338 e. The van der Waals surface area contributed by atoms with Crippen molar-refractivity contribution in [2.75, 3.05) is 5.32 Å². The molecule has 2 aromatic rings. The van der Waals surface area contributed by atoms with Crippen LogP contribution in [0.25, 0.3) is 10.8 Å². The van der Waals surface area contributed by atoms with Gasteiger partial charge in [0.2, 0.25) is 0 Å². The van der Waals surface area contributed by atoms with Crippen molar-refractivity contribution >= 4 is 34.4 Å². The van der Waals surface area contributed by atoms with E-state index in [9.17, 15) is 19.5 Å². The lowest BCUT2D eigenvalue weighted by Crippen LogP contribution is -2.21. The highest BCUT2D eigenvalue weighted by Crippen LogP contribution is 2.29. The normalized spacial score (nSPS) is 10.2. The molecule has 0 saturated heterocycles. The van der Waals surface area contributed by atoms with Crippen molar-refractivity contribution in [1.82, 2.24) is 0 Å². The van der Waals surface area contributed by atoms with Crippen molar-refractivity contribution in [3.8, 4) is 0 Å². The summed E-state index contributed by atoms with van der Waals surface area (Å²) in [7, 11) is 0. The fourth-order valence-electron chi connectivity index (χ4n) is 2.02. The Labute approximate surface area is 112 Å². The number of amides is 2. The van der Waals surface area contributed by atoms with Gasteiger partial charge >= 0.3 is 18.0 Å². The Kier molecular flexibility index (Phi) is 3.26. The number of carboxylic acids is 2. The van der Waals surface area contributed by atoms with Gasteiger partial charge in [0, 0.05) is 5.39 Å². The number of nitrogens with two attached hydrogens (primary N) is 1. The van der Waals surface area contributed by atoms with Gasteiger partial charge in [-0.3, -0.25) is 0 Å². The summed E-state index contributed by atoms with van der Waals surface area (Å²) in [5.41, 5.74) is 4.46. The molecule has 0 radical (unpaired) electrons. The number of anilines is 1. The van der Waals surface area contributed by atoms with Crippen LogP contribution in [0.2, 0.25) is 0 Å². The van der Waals surface area contributed by atoms with Crippen LogP contribution in [0.15, 0.2) is 30.3 Å². The zero-order chi connectivity index (χ0) is 14.9. The first-order valence-corrected chi connectivity index (χ1v) is 5.50. The monoisotopic (exact) mass is 274 g/mol. The Morgan fingerprint density at radius 3 is 2.25 bits per heavy atom. The minimum Gasteiger partial charge on any atom is -0.478 e. The number of nitrogens with one attached hydrogen (secondary N) is 1. The average Bonchev–Trinajstić information content (AvgIpc) is 2.36. The third-order valence-corrected chi connectivity index (χ3v) is 2.75. The van der Waals surface area contributed by atoms with Gasteiger partial charge in [-0.1, -0.05) is 18.2 Å². The van der Waals surface area contributed by atoms with Gasteiger partial charge in [0.15, 0.2) is 0 Å². The van der Waals surface area contributed by atoms with Crippen LogP contribution < -0.4 is 11.1 Å². The fourth-order valence-corrected chi connectivity index (χ4v) is 2.02. The number of urea groups is 1. The second kappa shape index (κ2) is 4.88. The van der Waals surface area contributed by atoms with Crippen LogP contribution in [0.1, 0.15) is 20.7 Å². The number of aromatic carboxylic acids is 2. The molecular weight excluding hydrogens is 264 g/mol. The van der Waals surface area contributed by atoms with Crippen molar-refractivity contribution in [3.05, 3.63) is 41.5 Å².